The van der Waals surface area contributed by atoms with Crippen molar-refractivity contribution < 1.29 is 19.8 Å². The molecular weight excluding hydrogens is 294 g/mol. The molecule has 1 aliphatic carbocycles. The zero-order valence-corrected chi connectivity index (χ0v) is 12.3. The van der Waals surface area contributed by atoms with Crippen LogP contribution < -0.4 is 5.32 Å². The van der Waals surface area contributed by atoms with E-state index in [0.717, 1.165) is 12.0 Å². The largest absolute Gasteiger partial charge is 0.480 e. The third-order valence-corrected chi connectivity index (χ3v) is 4.28. The van der Waals surface area contributed by atoms with Crippen LogP contribution in [0, 0.1) is 0 Å². The molecule has 1 aromatic carbocycles. The number of carbonyl (C=O) groups excluding carboxylic acids is 1. The average Bonchev–Trinajstić information content (AvgIpc) is 2.37. The number of benzene rings is 1. The molecule has 0 spiro atoms. The highest BCUT2D eigenvalue weighted by atomic mass is 35.5. The summed E-state index contributed by atoms with van der Waals surface area (Å²) in [5.74, 6) is -1.45. The topological polar surface area (TPSA) is 86.6 Å². The Kier molecular flexibility index (Phi) is 4.85. The number of rotatable bonds is 6. The maximum Gasteiger partial charge on any atom is 0.326 e. The molecule has 1 atom stereocenters. The predicted octanol–water partition coefficient (Wildman–Crippen LogP) is 1.71. The van der Waals surface area contributed by atoms with E-state index in [2.05, 4.69) is 5.32 Å². The van der Waals surface area contributed by atoms with Gasteiger partial charge in [0.15, 0.2) is 0 Å². The SMILES string of the molecule is O=C(O)C(CCO)NC(=O)C1(c2cccc(Cl)c2)CCC1. The molecule has 1 amide bonds. The number of hydrogen-bond donors (Lipinski definition) is 3. The molecule has 0 saturated heterocycles. The summed E-state index contributed by atoms with van der Waals surface area (Å²) in [5.41, 5.74) is 0.112. The summed E-state index contributed by atoms with van der Waals surface area (Å²) in [4.78, 5) is 23.7. The summed E-state index contributed by atoms with van der Waals surface area (Å²) in [5, 5.41) is 21.1. The van der Waals surface area contributed by atoms with E-state index in [9.17, 15) is 9.59 Å². The third-order valence-electron chi connectivity index (χ3n) is 4.04. The van der Waals surface area contributed by atoms with Crippen molar-refractivity contribution in [2.24, 2.45) is 0 Å². The van der Waals surface area contributed by atoms with Crippen LogP contribution in [0.15, 0.2) is 24.3 Å². The minimum absolute atomic E-state index is 0.00724. The van der Waals surface area contributed by atoms with E-state index < -0.39 is 17.4 Å². The Hall–Kier alpha value is -1.59. The van der Waals surface area contributed by atoms with Gasteiger partial charge < -0.3 is 15.5 Å². The number of aliphatic hydroxyl groups excluding tert-OH is 1. The van der Waals surface area contributed by atoms with Gasteiger partial charge in [-0.3, -0.25) is 4.79 Å². The van der Waals surface area contributed by atoms with E-state index in [4.69, 9.17) is 21.8 Å². The summed E-state index contributed by atoms with van der Waals surface area (Å²) >= 11 is 5.98. The van der Waals surface area contributed by atoms with E-state index in [-0.39, 0.29) is 18.9 Å². The van der Waals surface area contributed by atoms with Crippen molar-refractivity contribution in [1.82, 2.24) is 5.32 Å². The van der Waals surface area contributed by atoms with Crippen LogP contribution in [-0.4, -0.2) is 34.7 Å². The molecule has 1 fully saturated rings. The molecule has 21 heavy (non-hydrogen) atoms. The predicted molar refractivity (Wildman–Crippen MR) is 78.3 cm³/mol. The third kappa shape index (κ3) is 3.19. The molecule has 3 N–H and O–H groups in total. The molecule has 0 aromatic heterocycles. The first-order valence-electron chi connectivity index (χ1n) is 6.90. The lowest BCUT2D eigenvalue weighted by atomic mass is 9.63. The van der Waals surface area contributed by atoms with Crippen molar-refractivity contribution >= 4 is 23.5 Å². The van der Waals surface area contributed by atoms with Crippen molar-refractivity contribution in [2.45, 2.75) is 37.1 Å². The van der Waals surface area contributed by atoms with E-state index in [0.29, 0.717) is 17.9 Å². The molecule has 1 aliphatic rings. The molecule has 0 radical (unpaired) electrons. The number of amides is 1. The molecule has 1 aromatic rings. The van der Waals surface area contributed by atoms with Gasteiger partial charge in [0.25, 0.3) is 0 Å². The first-order chi connectivity index (χ1) is 9.99. The van der Waals surface area contributed by atoms with E-state index in [1.54, 1.807) is 18.2 Å². The van der Waals surface area contributed by atoms with Crippen molar-refractivity contribution in [3.05, 3.63) is 34.9 Å². The first-order valence-corrected chi connectivity index (χ1v) is 7.28. The van der Waals surface area contributed by atoms with Gasteiger partial charge in [0, 0.05) is 18.1 Å². The Morgan fingerprint density at radius 2 is 2.10 bits per heavy atom. The van der Waals surface area contributed by atoms with Gasteiger partial charge in [0.1, 0.15) is 6.04 Å². The molecule has 1 unspecified atom stereocenters. The van der Waals surface area contributed by atoms with Crippen LogP contribution in [-0.2, 0) is 15.0 Å². The normalized spacial score (nSPS) is 17.6. The van der Waals surface area contributed by atoms with Gasteiger partial charge >= 0.3 is 5.97 Å². The number of hydrogen-bond acceptors (Lipinski definition) is 3. The fraction of sp³-hybridized carbons (Fsp3) is 0.467. The quantitative estimate of drug-likeness (QED) is 0.746. The van der Waals surface area contributed by atoms with Crippen molar-refractivity contribution in [3.63, 3.8) is 0 Å². The number of aliphatic hydroxyl groups is 1. The lowest BCUT2D eigenvalue weighted by molar-refractivity contribution is -0.144. The second kappa shape index (κ2) is 6.45. The Balaban J connectivity index is 2.20. The zero-order valence-electron chi connectivity index (χ0n) is 11.5. The summed E-state index contributed by atoms with van der Waals surface area (Å²) < 4.78 is 0. The number of carboxylic acids is 1. The van der Waals surface area contributed by atoms with Crippen molar-refractivity contribution in [1.29, 1.82) is 0 Å². The van der Waals surface area contributed by atoms with E-state index in [1.165, 1.54) is 0 Å². The summed E-state index contributed by atoms with van der Waals surface area (Å²) in [6, 6.07) is 6.04. The van der Waals surface area contributed by atoms with Crippen LogP contribution in [0.25, 0.3) is 0 Å². The molecule has 5 nitrogen and oxygen atoms in total. The number of carboxylic acid groups (broad SMARTS) is 1. The van der Waals surface area contributed by atoms with Gasteiger partial charge in [-0.2, -0.15) is 0 Å². The van der Waals surface area contributed by atoms with E-state index >= 15 is 0 Å². The van der Waals surface area contributed by atoms with Gasteiger partial charge in [-0.25, -0.2) is 4.79 Å². The fourth-order valence-electron chi connectivity index (χ4n) is 2.65. The van der Waals surface area contributed by atoms with Crippen LogP contribution in [0.1, 0.15) is 31.2 Å². The molecule has 0 heterocycles. The van der Waals surface area contributed by atoms with Crippen LogP contribution in [0.2, 0.25) is 5.02 Å². The zero-order chi connectivity index (χ0) is 15.5. The van der Waals surface area contributed by atoms with Gasteiger partial charge in [-0.15, -0.1) is 0 Å². The maximum atomic E-state index is 12.5. The molecule has 6 heteroatoms. The molecule has 114 valence electrons. The van der Waals surface area contributed by atoms with Crippen LogP contribution >= 0.6 is 11.6 Å². The Labute approximate surface area is 127 Å². The van der Waals surface area contributed by atoms with Gasteiger partial charge in [0.05, 0.1) is 5.41 Å². The second-order valence-corrected chi connectivity index (χ2v) is 5.76. The number of nitrogens with one attached hydrogen (secondary N) is 1. The Bertz CT molecular complexity index is 542. The minimum atomic E-state index is -1.14. The molecule has 2 rings (SSSR count). The highest BCUT2D eigenvalue weighted by molar-refractivity contribution is 6.30. The van der Waals surface area contributed by atoms with Gasteiger partial charge in [0.2, 0.25) is 5.91 Å². The Morgan fingerprint density at radius 1 is 1.38 bits per heavy atom. The number of carbonyl (C=O) groups is 2. The number of halogens is 1. The smallest absolute Gasteiger partial charge is 0.326 e. The second-order valence-electron chi connectivity index (χ2n) is 5.32. The lowest BCUT2D eigenvalue weighted by Gasteiger charge is -2.41. The van der Waals surface area contributed by atoms with Crippen LogP contribution in [0.3, 0.4) is 0 Å². The highest BCUT2D eigenvalue weighted by Gasteiger charge is 2.46. The van der Waals surface area contributed by atoms with Gasteiger partial charge in [-0.05, 0) is 30.5 Å². The lowest BCUT2D eigenvalue weighted by Crippen LogP contribution is -2.54. The molecule has 0 aliphatic heterocycles. The van der Waals surface area contributed by atoms with Crippen LogP contribution in [0.4, 0.5) is 0 Å². The van der Waals surface area contributed by atoms with E-state index in [1.807, 2.05) is 6.07 Å². The van der Waals surface area contributed by atoms with Gasteiger partial charge in [-0.1, -0.05) is 30.2 Å². The minimum Gasteiger partial charge on any atom is -0.480 e. The Morgan fingerprint density at radius 3 is 2.57 bits per heavy atom. The number of aliphatic carboxylic acids is 1. The highest BCUT2D eigenvalue weighted by Crippen LogP contribution is 2.44. The molecule has 1 saturated carbocycles. The van der Waals surface area contributed by atoms with Crippen molar-refractivity contribution in [3.8, 4) is 0 Å². The fourth-order valence-corrected chi connectivity index (χ4v) is 2.84. The average molecular weight is 312 g/mol. The molecule has 0 bridgehead atoms. The standard InChI is InChI=1S/C15H18ClNO4/c16-11-4-1-3-10(9-11)15(6-2-7-15)14(21)17-12(5-8-18)13(19)20/h1,3-4,9,12,18H,2,5-8H2,(H,17,21)(H,19,20). The summed E-state index contributed by atoms with van der Waals surface area (Å²) in [7, 11) is 0. The summed E-state index contributed by atoms with van der Waals surface area (Å²) in [6.45, 7) is -0.290. The van der Waals surface area contributed by atoms with Crippen LogP contribution in [0.5, 0.6) is 0 Å². The van der Waals surface area contributed by atoms with Crippen molar-refractivity contribution in [2.75, 3.05) is 6.61 Å². The summed E-state index contributed by atoms with van der Waals surface area (Å²) in [6.07, 6.45) is 2.25. The first kappa shape index (κ1) is 15.8. The monoisotopic (exact) mass is 311 g/mol. The maximum absolute atomic E-state index is 12.5. The molecular formula is C15H18ClNO4.